The van der Waals surface area contributed by atoms with Crippen molar-refractivity contribution >= 4 is 22.4 Å². The fourth-order valence-electron chi connectivity index (χ4n) is 4.67. The number of allylic oxidation sites excluding steroid dienone is 4. The number of aryl methyl sites for hydroxylation is 1. The predicted molar refractivity (Wildman–Crippen MR) is 121 cm³/mol. The number of hydrogen-bond acceptors (Lipinski definition) is 4. The highest BCUT2D eigenvalue weighted by Crippen LogP contribution is 2.40. The van der Waals surface area contributed by atoms with Crippen LogP contribution in [-0.2, 0) is 11.2 Å². The summed E-state index contributed by atoms with van der Waals surface area (Å²) in [6.07, 6.45) is 6.25. The summed E-state index contributed by atoms with van der Waals surface area (Å²) in [5.74, 6) is 0.177. The van der Waals surface area contributed by atoms with Crippen molar-refractivity contribution < 1.29 is 13.6 Å². The number of fused-ring (bicyclic) bond motifs is 2. The molecule has 0 radical (unpaired) electrons. The Hall–Kier alpha value is -3.22. The van der Waals surface area contributed by atoms with Crippen molar-refractivity contribution in [1.29, 1.82) is 0 Å². The molecule has 3 aliphatic rings. The number of Topliss-reactive ketones (excluding diaryl/α,β-unsaturated/α-hetero) is 1. The van der Waals surface area contributed by atoms with Crippen LogP contribution >= 0.6 is 0 Å². The van der Waals surface area contributed by atoms with Crippen molar-refractivity contribution in [1.82, 2.24) is 20.2 Å². The second-order valence-electron chi connectivity index (χ2n) is 8.92. The SMILES string of the molecule is CC1=CC(c2cc3cc(CCC(=O)C4=C(C)C(C)=C5NC54)cnc3[nH]2)=CN(C(F)F)C1C. The van der Waals surface area contributed by atoms with Crippen LogP contribution in [0, 0.1) is 0 Å². The highest BCUT2D eigenvalue weighted by molar-refractivity contribution is 6.01. The number of carbonyl (C=O) groups excluding carboxylic acids is 1. The molecule has 2 N–H and O–H groups in total. The number of H-pyrrole nitrogens is 1. The molecular weight excluding hydrogens is 410 g/mol. The number of halogens is 2. The van der Waals surface area contributed by atoms with E-state index in [1.165, 1.54) is 17.5 Å². The van der Waals surface area contributed by atoms with Gasteiger partial charge in [0.2, 0.25) is 0 Å². The average Bonchev–Trinajstić information content (AvgIpc) is 3.34. The Morgan fingerprint density at radius 3 is 2.69 bits per heavy atom. The fourth-order valence-corrected chi connectivity index (χ4v) is 4.67. The molecule has 0 saturated carbocycles. The Morgan fingerprint density at radius 1 is 1.22 bits per heavy atom. The molecule has 1 fully saturated rings. The van der Waals surface area contributed by atoms with Gasteiger partial charge in [0.15, 0.2) is 5.78 Å². The number of ketones is 1. The summed E-state index contributed by atoms with van der Waals surface area (Å²) in [6.45, 7) is 5.15. The number of alkyl halides is 2. The molecule has 7 heteroatoms. The molecule has 0 spiro atoms. The van der Waals surface area contributed by atoms with Gasteiger partial charge in [0.1, 0.15) is 5.65 Å². The van der Waals surface area contributed by atoms with Crippen molar-refractivity contribution in [2.24, 2.45) is 0 Å². The molecule has 1 aliphatic carbocycles. The lowest BCUT2D eigenvalue weighted by Crippen LogP contribution is -2.35. The van der Waals surface area contributed by atoms with Crippen LogP contribution in [-0.4, -0.2) is 39.3 Å². The first-order valence-electron chi connectivity index (χ1n) is 10.9. The second-order valence-corrected chi connectivity index (χ2v) is 8.92. The summed E-state index contributed by atoms with van der Waals surface area (Å²) < 4.78 is 26.8. The van der Waals surface area contributed by atoms with E-state index in [4.69, 9.17) is 0 Å². The zero-order chi connectivity index (χ0) is 22.7. The van der Waals surface area contributed by atoms with Gasteiger partial charge in [-0.05, 0) is 63.0 Å². The molecule has 2 aromatic rings. The molecule has 32 heavy (non-hydrogen) atoms. The number of carbonyl (C=O) groups is 1. The van der Waals surface area contributed by atoms with Gasteiger partial charge < -0.3 is 15.2 Å². The number of pyridine rings is 1. The zero-order valence-corrected chi connectivity index (χ0v) is 18.6. The number of dihydropyridines is 1. The van der Waals surface area contributed by atoms with Crippen molar-refractivity contribution in [3.63, 3.8) is 0 Å². The molecule has 0 aromatic carbocycles. The molecule has 2 aromatic heterocycles. The highest BCUT2D eigenvalue weighted by Gasteiger charge is 2.43. The molecule has 0 amide bonds. The van der Waals surface area contributed by atoms with Crippen LogP contribution in [0.5, 0.6) is 0 Å². The van der Waals surface area contributed by atoms with Crippen LogP contribution in [0.4, 0.5) is 8.78 Å². The monoisotopic (exact) mass is 436 g/mol. The second kappa shape index (κ2) is 7.43. The van der Waals surface area contributed by atoms with Crippen LogP contribution < -0.4 is 5.32 Å². The van der Waals surface area contributed by atoms with Gasteiger partial charge in [-0.1, -0.05) is 11.6 Å². The fraction of sp³-hybridized carbons (Fsp3) is 0.360. The molecule has 2 aliphatic heterocycles. The highest BCUT2D eigenvalue weighted by atomic mass is 19.3. The number of nitrogens with one attached hydrogen (secondary N) is 2. The summed E-state index contributed by atoms with van der Waals surface area (Å²) in [5.41, 5.74) is 8.40. The molecule has 166 valence electrons. The van der Waals surface area contributed by atoms with Gasteiger partial charge in [-0.2, -0.15) is 8.78 Å². The third-order valence-electron chi connectivity index (χ3n) is 6.95. The largest absolute Gasteiger partial charge is 0.374 e. The van der Waals surface area contributed by atoms with Gasteiger partial charge in [0.05, 0.1) is 12.1 Å². The van der Waals surface area contributed by atoms with Crippen molar-refractivity contribution in [2.45, 2.75) is 59.2 Å². The quantitative estimate of drug-likeness (QED) is 0.501. The number of hydrogen-bond donors (Lipinski definition) is 2. The molecule has 5 nitrogen and oxygen atoms in total. The maximum Gasteiger partial charge on any atom is 0.315 e. The van der Waals surface area contributed by atoms with Gasteiger partial charge in [-0.25, -0.2) is 4.98 Å². The van der Waals surface area contributed by atoms with Crippen LogP contribution in [0.1, 0.15) is 45.4 Å². The van der Waals surface area contributed by atoms with E-state index in [0.29, 0.717) is 24.1 Å². The molecule has 2 unspecified atom stereocenters. The first kappa shape index (κ1) is 20.7. The summed E-state index contributed by atoms with van der Waals surface area (Å²) in [4.78, 5) is 21.6. The zero-order valence-electron chi connectivity index (χ0n) is 18.6. The topological polar surface area (TPSA) is 70.9 Å². The van der Waals surface area contributed by atoms with Crippen molar-refractivity contribution in [2.75, 3.05) is 0 Å². The van der Waals surface area contributed by atoms with Crippen LogP contribution in [0.3, 0.4) is 0 Å². The third kappa shape index (κ3) is 3.36. The maximum absolute atomic E-state index is 13.4. The van der Waals surface area contributed by atoms with E-state index >= 15 is 0 Å². The van der Waals surface area contributed by atoms with E-state index in [-0.39, 0.29) is 17.9 Å². The van der Waals surface area contributed by atoms with E-state index in [1.54, 1.807) is 13.1 Å². The first-order chi connectivity index (χ1) is 15.2. The minimum atomic E-state index is -2.56. The number of aromatic nitrogens is 2. The smallest absolute Gasteiger partial charge is 0.315 e. The lowest BCUT2D eigenvalue weighted by molar-refractivity contribution is -0.115. The number of aromatic amines is 1. The Morgan fingerprint density at radius 2 is 2.00 bits per heavy atom. The van der Waals surface area contributed by atoms with Gasteiger partial charge in [0, 0.05) is 46.7 Å². The first-order valence-corrected chi connectivity index (χ1v) is 10.9. The minimum Gasteiger partial charge on any atom is -0.374 e. The van der Waals surface area contributed by atoms with Gasteiger partial charge in [0.25, 0.3) is 0 Å². The standard InChI is InChI=1S/C25H26F2N4O/c1-12-7-18(11-31(15(12)4)25(26)27)19-9-17-8-16(10-28-24(17)29-19)5-6-20(32)21-13(2)14(3)22-23(21)30-22/h7-11,15,23,25,30H,5-6H2,1-4H3,(H,28,29). The van der Waals surface area contributed by atoms with E-state index in [9.17, 15) is 13.6 Å². The predicted octanol–water partition coefficient (Wildman–Crippen LogP) is 4.85. The van der Waals surface area contributed by atoms with Gasteiger partial charge in [-0.3, -0.25) is 4.79 Å². The normalized spacial score (nSPS) is 22.4. The van der Waals surface area contributed by atoms with Gasteiger partial charge >= 0.3 is 6.55 Å². The van der Waals surface area contributed by atoms with E-state index < -0.39 is 6.55 Å². The van der Waals surface area contributed by atoms with Crippen molar-refractivity contribution in [3.05, 3.63) is 69.9 Å². The summed E-state index contributed by atoms with van der Waals surface area (Å²) >= 11 is 0. The number of nitrogens with zero attached hydrogens (tertiary/aromatic N) is 2. The Bertz CT molecular complexity index is 1260. The third-order valence-corrected chi connectivity index (χ3v) is 6.95. The Balaban J connectivity index is 1.34. The lowest BCUT2D eigenvalue weighted by atomic mass is 9.98. The van der Waals surface area contributed by atoms with Gasteiger partial charge in [-0.15, -0.1) is 0 Å². The summed E-state index contributed by atoms with van der Waals surface area (Å²) in [5, 5.41) is 4.18. The molecule has 0 bridgehead atoms. The summed E-state index contributed by atoms with van der Waals surface area (Å²) in [7, 11) is 0. The summed E-state index contributed by atoms with van der Waals surface area (Å²) in [6, 6.07) is 3.74. The van der Waals surface area contributed by atoms with E-state index in [1.807, 2.05) is 32.1 Å². The minimum absolute atomic E-state index is 0.131. The molecule has 4 heterocycles. The van der Waals surface area contributed by atoms with E-state index in [2.05, 4.69) is 22.2 Å². The van der Waals surface area contributed by atoms with Crippen LogP contribution in [0.2, 0.25) is 0 Å². The Labute approximate surface area is 185 Å². The maximum atomic E-state index is 13.4. The van der Waals surface area contributed by atoms with Crippen LogP contribution in [0.15, 0.2) is 58.6 Å². The number of rotatable bonds is 6. The average molecular weight is 437 g/mol. The van der Waals surface area contributed by atoms with E-state index in [0.717, 1.165) is 38.3 Å². The lowest BCUT2D eigenvalue weighted by Gasteiger charge is -2.31. The molecular formula is C25H26F2N4O. The Kier molecular flexibility index (Phi) is 4.80. The molecule has 5 rings (SSSR count). The van der Waals surface area contributed by atoms with Crippen molar-refractivity contribution in [3.8, 4) is 0 Å². The van der Waals surface area contributed by atoms with Crippen LogP contribution in [0.25, 0.3) is 16.6 Å². The molecule has 2 atom stereocenters. The molecule has 1 saturated heterocycles.